The van der Waals surface area contributed by atoms with Crippen LogP contribution in [0.1, 0.15) is 12.0 Å². The van der Waals surface area contributed by atoms with Crippen molar-refractivity contribution >= 4 is 11.7 Å². The molecular formula is C19H27N5O. The zero-order valence-electron chi connectivity index (χ0n) is 15.1. The fourth-order valence-electron chi connectivity index (χ4n) is 3.35. The van der Waals surface area contributed by atoms with E-state index in [-0.39, 0.29) is 6.03 Å². The summed E-state index contributed by atoms with van der Waals surface area (Å²) in [6.45, 7) is 3.11. The molecule has 1 saturated heterocycles. The molecule has 6 nitrogen and oxygen atoms in total. The predicted octanol–water partition coefficient (Wildman–Crippen LogP) is 2.13. The van der Waals surface area contributed by atoms with Crippen LogP contribution in [0.3, 0.4) is 0 Å². The molecule has 2 aromatic rings. The number of likely N-dealkylation sites (N-methyl/N-ethyl adjacent to an activating group) is 1. The molecular weight excluding hydrogens is 314 g/mol. The lowest BCUT2D eigenvalue weighted by atomic mass is 10.0. The first-order valence-corrected chi connectivity index (χ1v) is 8.88. The summed E-state index contributed by atoms with van der Waals surface area (Å²) in [5.74, 6) is 0.530. The topological polar surface area (TPSA) is 53.4 Å². The molecule has 1 fully saturated rings. The van der Waals surface area contributed by atoms with Crippen molar-refractivity contribution in [3.63, 3.8) is 0 Å². The summed E-state index contributed by atoms with van der Waals surface area (Å²) in [4.78, 5) is 16.4. The molecule has 0 saturated carbocycles. The van der Waals surface area contributed by atoms with Crippen LogP contribution in [-0.4, -0.2) is 53.9 Å². The van der Waals surface area contributed by atoms with Gasteiger partial charge in [-0.05, 0) is 36.5 Å². The Bertz CT molecular complexity index is 684. The van der Waals surface area contributed by atoms with Gasteiger partial charge in [0.05, 0.1) is 6.20 Å². The standard InChI is InChI=1S/C19H27N5O/c1-22(18-6-4-3-5-7-18)11-9-20-19(25)24-10-8-16(15-24)12-17-13-21-23(2)14-17/h3-7,13-14,16H,8-12,15H2,1-2H3,(H,20,25). The van der Waals surface area contributed by atoms with E-state index in [2.05, 4.69) is 33.6 Å². The van der Waals surface area contributed by atoms with Gasteiger partial charge in [0.2, 0.25) is 0 Å². The van der Waals surface area contributed by atoms with Crippen LogP contribution in [0.5, 0.6) is 0 Å². The summed E-state index contributed by atoms with van der Waals surface area (Å²) in [6, 6.07) is 10.3. The molecule has 25 heavy (non-hydrogen) atoms. The third-order valence-corrected chi connectivity index (χ3v) is 4.78. The van der Waals surface area contributed by atoms with E-state index in [4.69, 9.17) is 0 Å². The van der Waals surface area contributed by atoms with Gasteiger partial charge in [-0.2, -0.15) is 5.10 Å². The number of carbonyl (C=O) groups is 1. The fourth-order valence-corrected chi connectivity index (χ4v) is 3.35. The third-order valence-electron chi connectivity index (χ3n) is 4.78. The number of aryl methyl sites for hydroxylation is 1. The lowest BCUT2D eigenvalue weighted by Crippen LogP contribution is -2.41. The van der Waals surface area contributed by atoms with Gasteiger partial charge in [-0.25, -0.2) is 4.79 Å². The predicted molar refractivity (Wildman–Crippen MR) is 99.7 cm³/mol. The maximum absolute atomic E-state index is 12.3. The van der Waals surface area contributed by atoms with E-state index < -0.39 is 0 Å². The van der Waals surface area contributed by atoms with E-state index in [1.807, 2.05) is 48.1 Å². The Morgan fingerprint density at radius 3 is 2.88 bits per heavy atom. The Labute approximate surface area is 149 Å². The molecule has 0 bridgehead atoms. The molecule has 1 N–H and O–H groups in total. The highest BCUT2D eigenvalue weighted by atomic mass is 16.2. The largest absolute Gasteiger partial charge is 0.373 e. The zero-order chi connectivity index (χ0) is 17.6. The summed E-state index contributed by atoms with van der Waals surface area (Å²) in [7, 11) is 3.98. The Balaban J connectivity index is 1.39. The Hall–Kier alpha value is -2.50. The number of anilines is 1. The van der Waals surface area contributed by atoms with E-state index in [1.54, 1.807) is 0 Å². The highest BCUT2D eigenvalue weighted by molar-refractivity contribution is 5.74. The molecule has 1 unspecified atom stereocenters. The maximum Gasteiger partial charge on any atom is 0.317 e. The van der Waals surface area contributed by atoms with Crippen LogP contribution < -0.4 is 10.2 Å². The second-order valence-corrected chi connectivity index (χ2v) is 6.82. The molecule has 2 heterocycles. The number of nitrogens with one attached hydrogen (secondary N) is 1. The number of hydrogen-bond acceptors (Lipinski definition) is 3. The van der Waals surface area contributed by atoms with Crippen molar-refractivity contribution in [2.75, 3.05) is 38.1 Å². The summed E-state index contributed by atoms with van der Waals surface area (Å²) < 4.78 is 1.83. The van der Waals surface area contributed by atoms with Crippen molar-refractivity contribution in [1.82, 2.24) is 20.0 Å². The minimum atomic E-state index is 0.0511. The van der Waals surface area contributed by atoms with Gasteiger partial charge in [0, 0.05) is 52.2 Å². The average Bonchev–Trinajstić information content (AvgIpc) is 3.25. The van der Waals surface area contributed by atoms with Gasteiger partial charge < -0.3 is 15.1 Å². The normalized spacial score (nSPS) is 16.9. The number of amides is 2. The second-order valence-electron chi connectivity index (χ2n) is 6.82. The molecule has 1 aromatic heterocycles. The zero-order valence-corrected chi connectivity index (χ0v) is 15.1. The summed E-state index contributed by atoms with van der Waals surface area (Å²) in [5, 5.41) is 7.26. The molecule has 0 radical (unpaired) electrons. The molecule has 1 aliphatic rings. The molecule has 0 spiro atoms. The highest BCUT2D eigenvalue weighted by Gasteiger charge is 2.26. The van der Waals surface area contributed by atoms with Crippen LogP contribution in [0.15, 0.2) is 42.7 Å². The van der Waals surface area contributed by atoms with Crippen molar-refractivity contribution in [1.29, 1.82) is 0 Å². The smallest absolute Gasteiger partial charge is 0.317 e. The first-order valence-electron chi connectivity index (χ1n) is 8.88. The van der Waals surface area contributed by atoms with Gasteiger partial charge in [-0.15, -0.1) is 0 Å². The van der Waals surface area contributed by atoms with Crippen LogP contribution in [0.25, 0.3) is 0 Å². The van der Waals surface area contributed by atoms with Gasteiger partial charge in [-0.1, -0.05) is 18.2 Å². The van der Waals surface area contributed by atoms with E-state index in [0.717, 1.165) is 38.2 Å². The van der Waals surface area contributed by atoms with Crippen molar-refractivity contribution in [2.24, 2.45) is 13.0 Å². The van der Waals surface area contributed by atoms with Crippen LogP contribution in [0.4, 0.5) is 10.5 Å². The fraction of sp³-hybridized carbons (Fsp3) is 0.474. The first-order chi connectivity index (χ1) is 12.1. The number of para-hydroxylation sites is 1. The molecule has 1 aromatic carbocycles. The maximum atomic E-state index is 12.3. The van der Waals surface area contributed by atoms with E-state index in [9.17, 15) is 4.79 Å². The molecule has 0 aliphatic carbocycles. The number of urea groups is 1. The van der Waals surface area contributed by atoms with Crippen molar-refractivity contribution in [2.45, 2.75) is 12.8 Å². The van der Waals surface area contributed by atoms with Crippen LogP contribution in [-0.2, 0) is 13.5 Å². The molecule has 6 heteroatoms. The average molecular weight is 341 g/mol. The lowest BCUT2D eigenvalue weighted by molar-refractivity contribution is 0.207. The Morgan fingerprint density at radius 2 is 2.16 bits per heavy atom. The van der Waals surface area contributed by atoms with E-state index in [0.29, 0.717) is 12.5 Å². The van der Waals surface area contributed by atoms with Crippen LogP contribution in [0, 0.1) is 5.92 Å². The highest BCUT2D eigenvalue weighted by Crippen LogP contribution is 2.20. The molecule has 2 amide bonds. The molecule has 134 valence electrons. The SMILES string of the molecule is CN(CCNC(=O)N1CCC(Cc2cnn(C)c2)C1)c1ccccc1. The minimum absolute atomic E-state index is 0.0511. The van der Waals surface area contributed by atoms with Crippen molar-refractivity contribution in [3.05, 3.63) is 48.3 Å². The van der Waals surface area contributed by atoms with E-state index >= 15 is 0 Å². The van der Waals surface area contributed by atoms with Gasteiger partial charge >= 0.3 is 6.03 Å². The summed E-state index contributed by atoms with van der Waals surface area (Å²) >= 11 is 0. The molecule has 3 rings (SSSR count). The summed E-state index contributed by atoms with van der Waals surface area (Å²) in [5.41, 5.74) is 2.41. The van der Waals surface area contributed by atoms with E-state index in [1.165, 1.54) is 5.56 Å². The quantitative estimate of drug-likeness (QED) is 0.876. The van der Waals surface area contributed by atoms with Crippen LogP contribution in [0.2, 0.25) is 0 Å². The van der Waals surface area contributed by atoms with Gasteiger partial charge in [0.1, 0.15) is 0 Å². The number of aromatic nitrogens is 2. The van der Waals surface area contributed by atoms with Gasteiger partial charge in [0.25, 0.3) is 0 Å². The number of carbonyl (C=O) groups excluding carboxylic acids is 1. The molecule has 1 atom stereocenters. The lowest BCUT2D eigenvalue weighted by Gasteiger charge is -2.21. The Morgan fingerprint density at radius 1 is 1.36 bits per heavy atom. The van der Waals surface area contributed by atoms with Crippen LogP contribution >= 0.6 is 0 Å². The third kappa shape index (κ3) is 4.75. The number of likely N-dealkylation sites (tertiary alicyclic amines) is 1. The van der Waals surface area contributed by atoms with Gasteiger partial charge in [-0.3, -0.25) is 4.68 Å². The monoisotopic (exact) mass is 341 g/mol. The van der Waals surface area contributed by atoms with Crippen molar-refractivity contribution < 1.29 is 4.79 Å². The van der Waals surface area contributed by atoms with Crippen molar-refractivity contribution in [3.8, 4) is 0 Å². The number of benzene rings is 1. The minimum Gasteiger partial charge on any atom is -0.373 e. The number of nitrogens with zero attached hydrogens (tertiary/aromatic N) is 4. The molecule has 1 aliphatic heterocycles. The number of rotatable bonds is 6. The Kier molecular flexibility index (Phi) is 5.58. The van der Waals surface area contributed by atoms with Gasteiger partial charge in [0.15, 0.2) is 0 Å². The number of hydrogen-bond donors (Lipinski definition) is 1. The second kappa shape index (κ2) is 8.05. The first kappa shape index (κ1) is 17.3. The summed E-state index contributed by atoms with van der Waals surface area (Å²) in [6.07, 6.45) is 6.03.